The third-order valence-corrected chi connectivity index (χ3v) is 2.99. The summed E-state index contributed by atoms with van der Waals surface area (Å²) in [4.78, 5) is 11.9. The number of amides is 1. The first-order chi connectivity index (χ1) is 9.06. The Hall–Kier alpha value is -2.10. The van der Waals surface area contributed by atoms with Crippen molar-refractivity contribution in [2.45, 2.75) is 27.3 Å². The Bertz CT molecular complexity index is 587. The van der Waals surface area contributed by atoms with Crippen LogP contribution in [-0.2, 0) is 6.54 Å². The van der Waals surface area contributed by atoms with Crippen molar-refractivity contribution in [3.63, 3.8) is 0 Å². The number of nitrogens with zero attached hydrogens (tertiary/aromatic N) is 2. The number of carbonyl (C=O) groups excluding carboxylic acids is 1. The predicted molar refractivity (Wildman–Crippen MR) is 75.2 cm³/mol. The van der Waals surface area contributed by atoms with Crippen molar-refractivity contribution >= 4 is 5.91 Å². The van der Waals surface area contributed by atoms with Crippen molar-refractivity contribution in [1.82, 2.24) is 15.1 Å². The summed E-state index contributed by atoms with van der Waals surface area (Å²) in [6, 6.07) is 9.62. The molecule has 100 valence electrons. The van der Waals surface area contributed by atoms with Crippen LogP contribution in [-0.4, -0.2) is 22.2 Å². The topological polar surface area (TPSA) is 46.9 Å². The van der Waals surface area contributed by atoms with Crippen LogP contribution in [0.4, 0.5) is 0 Å². The largest absolute Gasteiger partial charge is 0.350 e. The molecule has 0 aliphatic rings. The van der Waals surface area contributed by atoms with Crippen LogP contribution >= 0.6 is 0 Å². The molecule has 0 unspecified atom stereocenters. The van der Waals surface area contributed by atoms with E-state index in [9.17, 15) is 4.79 Å². The van der Waals surface area contributed by atoms with Gasteiger partial charge in [0, 0.05) is 17.8 Å². The maximum Gasteiger partial charge on any atom is 0.251 e. The first-order valence-electron chi connectivity index (χ1n) is 6.42. The Balaban J connectivity index is 1.89. The molecule has 1 aromatic heterocycles. The molecule has 0 radical (unpaired) electrons. The van der Waals surface area contributed by atoms with E-state index in [1.807, 2.05) is 55.8 Å². The Morgan fingerprint density at radius 3 is 2.68 bits per heavy atom. The molecular formula is C15H19N3O. The lowest BCUT2D eigenvalue weighted by molar-refractivity contribution is 0.0951. The zero-order chi connectivity index (χ0) is 13.8. The smallest absolute Gasteiger partial charge is 0.251 e. The van der Waals surface area contributed by atoms with Crippen molar-refractivity contribution < 1.29 is 4.79 Å². The number of aromatic nitrogens is 2. The molecule has 4 heteroatoms. The van der Waals surface area contributed by atoms with E-state index in [4.69, 9.17) is 0 Å². The SMILES string of the molecule is Cc1cccc(C(=O)NCCn2nc(C)cc2C)c1. The molecule has 2 aromatic rings. The van der Waals surface area contributed by atoms with Crippen LogP contribution < -0.4 is 5.32 Å². The fourth-order valence-electron chi connectivity index (χ4n) is 2.07. The highest BCUT2D eigenvalue weighted by molar-refractivity contribution is 5.94. The Kier molecular flexibility index (Phi) is 4.00. The van der Waals surface area contributed by atoms with Gasteiger partial charge in [0.1, 0.15) is 0 Å². The molecule has 0 aliphatic carbocycles. The second-order valence-electron chi connectivity index (χ2n) is 4.78. The lowest BCUT2D eigenvalue weighted by atomic mass is 10.1. The number of aryl methyl sites for hydroxylation is 3. The summed E-state index contributed by atoms with van der Waals surface area (Å²) in [6.45, 7) is 7.23. The quantitative estimate of drug-likeness (QED) is 0.913. The highest BCUT2D eigenvalue weighted by Crippen LogP contribution is 2.04. The van der Waals surface area contributed by atoms with Gasteiger partial charge in [0.25, 0.3) is 5.91 Å². The molecule has 0 bridgehead atoms. The number of nitrogens with one attached hydrogen (secondary N) is 1. The van der Waals surface area contributed by atoms with Crippen molar-refractivity contribution in [3.05, 3.63) is 52.8 Å². The van der Waals surface area contributed by atoms with Crippen LogP contribution in [0.3, 0.4) is 0 Å². The van der Waals surface area contributed by atoms with Crippen molar-refractivity contribution in [2.24, 2.45) is 0 Å². The first kappa shape index (κ1) is 13.3. The lowest BCUT2D eigenvalue weighted by Gasteiger charge is -2.07. The molecule has 0 spiro atoms. The second kappa shape index (κ2) is 5.69. The number of hydrogen-bond acceptors (Lipinski definition) is 2. The maximum atomic E-state index is 11.9. The molecule has 0 fully saturated rings. The van der Waals surface area contributed by atoms with Crippen LogP contribution in [0, 0.1) is 20.8 Å². The normalized spacial score (nSPS) is 10.5. The minimum absolute atomic E-state index is 0.0368. The molecule has 1 aromatic carbocycles. The molecule has 0 saturated carbocycles. The number of carbonyl (C=O) groups is 1. The maximum absolute atomic E-state index is 11.9. The van der Waals surface area contributed by atoms with Gasteiger partial charge in [-0.05, 0) is 39.0 Å². The molecular weight excluding hydrogens is 238 g/mol. The van der Waals surface area contributed by atoms with E-state index in [2.05, 4.69) is 10.4 Å². The van der Waals surface area contributed by atoms with Gasteiger partial charge in [0.15, 0.2) is 0 Å². The highest BCUT2D eigenvalue weighted by Gasteiger charge is 2.05. The third-order valence-electron chi connectivity index (χ3n) is 2.99. The van der Waals surface area contributed by atoms with Crippen LogP contribution in [0.15, 0.2) is 30.3 Å². The van der Waals surface area contributed by atoms with E-state index in [0.29, 0.717) is 18.7 Å². The molecule has 0 aliphatic heterocycles. The summed E-state index contributed by atoms with van der Waals surface area (Å²) in [7, 11) is 0. The van der Waals surface area contributed by atoms with Crippen molar-refractivity contribution in [3.8, 4) is 0 Å². The minimum Gasteiger partial charge on any atom is -0.350 e. The van der Waals surface area contributed by atoms with Crippen molar-refractivity contribution in [2.75, 3.05) is 6.54 Å². The third kappa shape index (κ3) is 3.44. The van der Waals surface area contributed by atoms with Gasteiger partial charge in [-0.2, -0.15) is 5.10 Å². The summed E-state index contributed by atoms with van der Waals surface area (Å²) >= 11 is 0. The average Bonchev–Trinajstić information content (AvgIpc) is 2.68. The Morgan fingerprint density at radius 1 is 1.26 bits per heavy atom. The molecule has 4 nitrogen and oxygen atoms in total. The molecule has 19 heavy (non-hydrogen) atoms. The van der Waals surface area contributed by atoms with Gasteiger partial charge in [-0.15, -0.1) is 0 Å². The molecule has 1 heterocycles. The number of benzene rings is 1. The van der Waals surface area contributed by atoms with Gasteiger partial charge >= 0.3 is 0 Å². The zero-order valence-corrected chi connectivity index (χ0v) is 11.6. The summed E-state index contributed by atoms with van der Waals surface area (Å²) in [5.74, 6) is -0.0368. The Labute approximate surface area is 113 Å². The van der Waals surface area contributed by atoms with Crippen LogP contribution in [0.25, 0.3) is 0 Å². The lowest BCUT2D eigenvalue weighted by Crippen LogP contribution is -2.27. The summed E-state index contributed by atoms with van der Waals surface area (Å²) < 4.78 is 1.91. The van der Waals surface area contributed by atoms with E-state index in [0.717, 1.165) is 17.0 Å². The van der Waals surface area contributed by atoms with E-state index in [1.54, 1.807) is 0 Å². The number of rotatable bonds is 4. The molecule has 2 rings (SSSR count). The molecule has 1 amide bonds. The summed E-state index contributed by atoms with van der Waals surface area (Å²) in [6.07, 6.45) is 0. The summed E-state index contributed by atoms with van der Waals surface area (Å²) in [5.41, 5.74) is 3.91. The minimum atomic E-state index is -0.0368. The predicted octanol–water partition coefficient (Wildman–Crippen LogP) is 2.24. The fourth-order valence-corrected chi connectivity index (χ4v) is 2.07. The molecule has 0 saturated heterocycles. The van der Waals surface area contributed by atoms with E-state index in [1.165, 1.54) is 0 Å². The van der Waals surface area contributed by atoms with Crippen LogP contribution in [0.1, 0.15) is 27.3 Å². The van der Waals surface area contributed by atoms with E-state index in [-0.39, 0.29) is 5.91 Å². The van der Waals surface area contributed by atoms with Crippen molar-refractivity contribution in [1.29, 1.82) is 0 Å². The molecule has 0 atom stereocenters. The second-order valence-corrected chi connectivity index (χ2v) is 4.78. The van der Waals surface area contributed by atoms with Gasteiger partial charge in [-0.25, -0.2) is 0 Å². The van der Waals surface area contributed by atoms with Gasteiger partial charge in [0.2, 0.25) is 0 Å². The van der Waals surface area contributed by atoms with Crippen LogP contribution in [0.2, 0.25) is 0 Å². The monoisotopic (exact) mass is 257 g/mol. The average molecular weight is 257 g/mol. The molecule has 1 N–H and O–H groups in total. The zero-order valence-electron chi connectivity index (χ0n) is 11.6. The van der Waals surface area contributed by atoms with Gasteiger partial charge in [0.05, 0.1) is 12.2 Å². The number of hydrogen-bond donors (Lipinski definition) is 1. The standard InChI is InChI=1S/C15H19N3O/c1-11-5-4-6-14(9-11)15(19)16-7-8-18-13(3)10-12(2)17-18/h4-6,9-10H,7-8H2,1-3H3,(H,16,19). The Morgan fingerprint density at radius 2 is 2.05 bits per heavy atom. The van der Waals surface area contributed by atoms with Crippen LogP contribution in [0.5, 0.6) is 0 Å². The van der Waals surface area contributed by atoms with Gasteiger partial charge < -0.3 is 5.32 Å². The van der Waals surface area contributed by atoms with E-state index >= 15 is 0 Å². The first-order valence-corrected chi connectivity index (χ1v) is 6.42. The summed E-state index contributed by atoms with van der Waals surface area (Å²) in [5, 5.41) is 7.27. The van der Waals surface area contributed by atoms with E-state index < -0.39 is 0 Å². The highest BCUT2D eigenvalue weighted by atomic mass is 16.1. The van der Waals surface area contributed by atoms with Gasteiger partial charge in [-0.3, -0.25) is 9.48 Å². The van der Waals surface area contributed by atoms with Gasteiger partial charge in [-0.1, -0.05) is 17.7 Å². The fraction of sp³-hybridized carbons (Fsp3) is 0.333.